The molecule has 0 saturated carbocycles. The fourth-order valence-corrected chi connectivity index (χ4v) is 2.15. The van der Waals surface area contributed by atoms with Crippen molar-refractivity contribution in [3.8, 4) is 5.75 Å². The summed E-state index contributed by atoms with van der Waals surface area (Å²) in [6, 6.07) is 6.50. The molecule has 2 aromatic carbocycles. The minimum absolute atomic E-state index is 0.300. The highest BCUT2D eigenvalue weighted by atomic mass is 19.2. The molecule has 0 fully saturated rings. The molecule has 24 heavy (non-hydrogen) atoms. The summed E-state index contributed by atoms with van der Waals surface area (Å²) in [6.45, 7) is 1.50. The van der Waals surface area contributed by atoms with Gasteiger partial charge in [0.2, 0.25) is 0 Å². The van der Waals surface area contributed by atoms with Gasteiger partial charge in [0.1, 0.15) is 11.6 Å². The van der Waals surface area contributed by atoms with Crippen LogP contribution in [0, 0.1) is 17.5 Å². The van der Waals surface area contributed by atoms with Crippen molar-refractivity contribution < 1.29 is 27.8 Å². The van der Waals surface area contributed by atoms with Crippen molar-refractivity contribution in [3.05, 3.63) is 65.0 Å². The van der Waals surface area contributed by atoms with Crippen LogP contribution in [0.15, 0.2) is 36.4 Å². The lowest BCUT2D eigenvalue weighted by Gasteiger charge is -2.21. The third-order valence-corrected chi connectivity index (χ3v) is 3.54. The minimum atomic E-state index is -1.38. The predicted molar refractivity (Wildman–Crippen MR) is 81.2 cm³/mol. The number of hydrogen-bond donors (Lipinski definition) is 2. The summed E-state index contributed by atoms with van der Waals surface area (Å²) in [5, 5.41) is 12.6. The number of carbonyl (C=O) groups excluding carboxylic acids is 1. The Labute approximate surface area is 136 Å². The largest absolute Gasteiger partial charge is 0.497 e. The molecule has 7 heteroatoms. The Kier molecular flexibility index (Phi) is 5.46. The van der Waals surface area contributed by atoms with Crippen LogP contribution >= 0.6 is 0 Å². The Balaban J connectivity index is 2.11. The van der Waals surface area contributed by atoms with Crippen LogP contribution in [-0.4, -0.2) is 24.2 Å². The molecule has 0 saturated heterocycles. The van der Waals surface area contributed by atoms with Crippen LogP contribution in [0.5, 0.6) is 5.75 Å². The second-order valence-corrected chi connectivity index (χ2v) is 5.23. The van der Waals surface area contributed by atoms with Crippen molar-refractivity contribution in [2.45, 2.75) is 19.1 Å². The summed E-state index contributed by atoms with van der Waals surface area (Å²) in [7, 11) is 1.50. The SMILES string of the molecule is COc1ccc(C(O)C(C)NC(=O)c2cc(F)c(F)cc2F)cc1. The maximum Gasteiger partial charge on any atom is 0.254 e. The molecular formula is C17H16F3NO3. The molecular weight excluding hydrogens is 323 g/mol. The predicted octanol–water partition coefficient (Wildman–Crippen LogP) is 2.96. The molecule has 0 aliphatic rings. The summed E-state index contributed by atoms with van der Waals surface area (Å²) < 4.78 is 44.7. The smallest absolute Gasteiger partial charge is 0.254 e. The average molecular weight is 339 g/mol. The number of hydrogen-bond acceptors (Lipinski definition) is 3. The topological polar surface area (TPSA) is 58.6 Å². The maximum atomic E-state index is 13.6. The molecule has 2 aromatic rings. The van der Waals surface area contributed by atoms with E-state index >= 15 is 0 Å². The molecule has 0 aliphatic carbocycles. The highest BCUT2D eigenvalue weighted by Crippen LogP contribution is 2.21. The van der Waals surface area contributed by atoms with Crippen LogP contribution in [0.1, 0.15) is 28.9 Å². The number of methoxy groups -OCH3 is 1. The second kappa shape index (κ2) is 7.35. The first kappa shape index (κ1) is 17.8. The van der Waals surface area contributed by atoms with Gasteiger partial charge in [-0.25, -0.2) is 13.2 Å². The highest BCUT2D eigenvalue weighted by Gasteiger charge is 2.22. The number of ether oxygens (including phenoxy) is 1. The van der Waals surface area contributed by atoms with Gasteiger partial charge >= 0.3 is 0 Å². The first-order chi connectivity index (χ1) is 11.3. The Morgan fingerprint density at radius 1 is 1.08 bits per heavy atom. The third kappa shape index (κ3) is 3.86. The molecule has 2 N–H and O–H groups in total. The summed E-state index contributed by atoms with van der Waals surface area (Å²) in [4.78, 5) is 12.0. The quantitative estimate of drug-likeness (QED) is 0.824. The highest BCUT2D eigenvalue weighted by molar-refractivity contribution is 5.94. The lowest BCUT2D eigenvalue weighted by Crippen LogP contribution is -2.37. The number of aliphatic hydroxyl groups excluding tert-OH is 1. The standard InChI is InChI=1S/C17H16F3NO3/c1-9(16(22)10-3-5-11(24-2)6-4-10)21-17(23)12-7-14(19)15(20)8-13(12)18/h3-9,16,22H,1-2H3,(H,21,23). The van der Waals surface area contributed by atoms with E-state index in [9.17, 15) is 23.1 Å². The summed E-state index contributed by atoms with van der Waals surface area (Å²) in [6.07, 6.45) is -1.08. The molecule has 2 unspecified atom stereocenters. The number of carbonyl (C=O) groups is 1. The van der Waals surface area contributed by atoms with E-state index in [4.69, 9.17) is 4.74 Å². The van der Waals surface area contributed by atoms with E-state index in [2.05, 4.69) is 5.32 Å². The molecule has 128 valence electrons. The molecule has 0 bridgehead atoms. The van der Waals surface area contributed by atoms with Crippen molar-refractivity contribution >= 4 is 5.91 Å². The molecule has 0 radical (unpaired) electrons. The third-order valence-electron chi connectivity index (χ3n) is 3.54. The summed E-state index contributed by atoms with van der Waals surface area (Å²) >= 11 is 0. The first-order valence-corrected chi connectivity index (χ1v) is 7.11. The minimum Gasteiger partial charge on any atom is -0.497 e. The van der Waals surface area contributed by atoms with Crippen LogP contribution in [-0.2, 0) is 0 Å². The lowest BCUT2D eigenvalue weighted by atomic mass is 10.0. The lowest BCUT2D eigenvalue weighted by molar-refractivity contribution is 0.0847. The molecule has 0 aromatic heterocycles. The number of aliphatic hydroxyl groups is 1. The molecule has 0 aliphatic heterocycles. The average Bonchev–Trinajstić information content (AvgIpc) is 2.57. The van der Waals surface area contributed by atoms with Crippen molar-refractivity contribution in [2.75, 3.05) is 7.11 Å². The van der Waals surface area contributed by atoms with Crippen molar-refractivity contribution in [3.63, 3.8) is 0 Å². The van der Waals surface area contributed by atoms with E-state index in [1.807, 2.05) is 0 Å². The molecule has 0 heterocycles. The normalized spacial score (nSPS) is 13.2. The van der Waals surface area contributed by atoms with E-state index in [-0.39, 0.29) is 0 Å². The monoisotopic (exact) mass is 339 g/mol. The van der Waals surface area contributed by atoms with Gasteiger partial charge in [-0.05, 0) is 30.7 Å². The zero-order valence-corrected chi connectivity index (χ0v) is 13.0. The molecule has 4 nitrogen and oxygen atoms in total. The Morgan fingerprint density at radius 3 is 2.25 bits per heavy atom. The van der Waals surface area contributed by atoms with Crippen molar-refractivity contribution in [1.29, 1.82) is 0 Å². The van der Waals surface area contributed by atoms with Crippen LogP contribution in [0.25, 0.3) is 0 Å². The molecule has 2 rings (SSSR count). The van der Waals surface area contributed by atoms with Gasteiger partial charge in [-0.2, -0.15) is 0 Å². The molecule has 2 atom stereocenters. The summed E-state index contributed by atoms with van der Waals surface area (Å²) in [5.74, 6) is -4.24. The number of halogens is 3. The number of benzene rings is 2. The van der Waals surface area contributed by atoms with Gasteiger partial charge in [-0.1, -0.05) is 12.1 Å². The van der Waals surface area contributed by atoms with Crippen LogP contribution in [0.2, 0.25) is 0 Å². The van der Waals surface area contributed by atoms with Crippen LogP contribution in [0.3, 0.4) is 0 Å². The van der Waals surface area contributed by atoms with Crippen molar-refractivity contribution in [2.24, 2.45) is 0 Å². The summed E-state index contributed by atoms with van der Waals surface area (Å²) in [5.41, 5.74) is -0.128. The van der Waals surface area contributed by atoms with E-state index in [1.54, 1.807) is 24.3 Å². The van der Waals surface area contributed by atoms with E-state index in [0.717, 1.165) is 0 Å². The zero-order valence-electron chi connectivity index (χ0n) is 13.0. The van der Waals surface area contributed by atoms with Gasteiger partial charge in [0.05, 0.1) is 24.8 Å². The molecule has 0 spiro atoms. The Morgan fingerprint density at radius 2 is 1.67 bits per heavy atom. The van der Waals surface area contributed by atoms with Crippen LogP contribution in [0.4, 0.5) is 13.2 Å². The van der Waals surface area contributed by atoms with Crippen LogP contribution < -0.4 is 10.1 Å². The van der Waals surface area contributed by atoms with E-state index in [1.165, 1.54) is 14.0 Å². The van der Waals surface area contributed by atoms with E-state index < -0.39 is 41.1 Å². The van der Waals surface area contributed by atoms with Gasteiger partial charge < -0.3 is 15.2 Å². The van der Waals surface area contributed by atoms with Gasteiger partial charge in [0.25, 0.3) is 5.91 Å². The van der Waals surface area contributed by atoms with E-state index in [0.29, 0.717) is 23.4 Å². The van der Waals surface area contributed by atoms with Crippen molar-refractivity contribution in [1.82, 2.24) is 5.32 Å². The maximum absolute atomic E-state index is 13.6. The Bertz CT molecular complexity index is 735. The number of nitrogens with one attached hydrogen (secondary N) is 1. The number of amides is 1. The fourth-order valence-electron chi connectivity index (χ4n) is 2.15. The Hall–Kier alpha value is -2.54. The van der Waals surface area contributed by atoms with Gasteiger partial charge in [0, 0.05) is 6.07 Å². The second-order valence-electron chi connectivity index (χ2n) is 5.23. The van der Waals surface area contributed by atoms with Gasteiger partial charge in [0.15, 0.2) is 11.6 Å². The first-order valence-electron chi connectivity index (χ1n) is 7.11. The zero-order chi connectivity index (χ0) is 17.9. The fraction of sp³-hybridized carbons (Fsp3) is 0.235. The molecule has 1 amide bonds. The van der Waals surface area contributed by atoms with Gasteiger partial charge in [-0.15, -0.1) is 0 Å². The number of rotatable bonds is 5. The van der Waals surface area contributed by atoms with Gasteiger partial charge in [-0.3, -0.25) is 4.79 Å².